The second kappa shape index (κ2) is 9.49. The Balaban J connectivity index is 1.63. The molecule has 1 aliphatic rings. The lowest BCUT2D eigenvalue weighted by molar-refractivity contribution is 0.102. The molecule has 0 radical (unpaired) electrons. The maximum Gasteiger partial charge on any atom is 0.255 e. The number of ether oxygens (including phenoxy) is 1. The van der Waals surface area contributed by atoms with Gasteiger partial charge in [0, 0.05) is 23.8 Å². The van der Waals surface area contributed by atoms with Gasteiger partial charge in [-0.25, -0.2) is 0 Å². The van der Waals surface area contributed by atoms with Crippen molar-refractivity contribution in [3.8, 4) is 5.75 Å². The summed E-state index contributed by atoms with van der Waals surface area (Å²) in [5.41, 5.74) is 9.35. The van der Waals surface area contributed by atoms with Crippen molar-refractivity contribution >= 4 is 23.0 Å². The third-order valence-corrected chi connectivity index (χ3v) is 5.28. The van der Waals surface area contributed by atoms with Crippen molar-refractivity contribution in [3.63, 3.8) is 0 Å². The molecule has 28 heavy (non-hydrogen) atoms. The summed E-state index contributed by atoms with van der Waals surface area (Å²) in [6.45, 7) is 6.10. The van der Waals surface area contributed by atoms with Gasteiger partial charge in [-0.2, -0.15) is 0 Å². The number of anilines is 3. The molecule has 2 aromatic rings. The first-order valence-electron chi connectivity index (χ1n) is 10.3. The van der Waals surface area contributed by atoms with Crippen LogP contribution in [0.2, 0.25) is 0 Å². The summed E-state index contributed by atoms with van der Waals surface area (Å²) < 4.78 is 5.64. The lowest BCUT2D eigenvalue weighted by atomic mass is 10.0. The van der Waals surface area contributed by atoms with E-state index in [-0.39, 0.29) is 5.91 Å². The van der Waals surface area contributed by atoms with E-state index in [0.29, 0.717) is 29.6 Å². The quantitative estimate of drug-likeness (QED) is 0.518. The molecule has 5 nitrogen and oxygen atoms in total. The lowest BCUT2D eigenvalue weighted by Crippen LogP contribution is -2.37. The second-order valence-corrected chi connectivity index (χ2v) is 7.49. The zero-order chi connectivity index (χ0) is 19.9. The maximum atomic E-state index is 12.5. The Morgan fingerprint density at radius 2 is 2.00 bits per heavy atom. The number of hydrogen-bond donors (Lipinski definition) is 2. The number of unbranched alkanes of at least 4 members (excludes halogenated alkanes) is 1. The molecular formula is C23H31N3O2. The zero-order valence-electron chi connectivity index (χ0n) is 16.9. The van der Waals surface area contributed by atoms with E-state index in [0.717, 1.165) is 30.8 Å². The molecule has 1 fully saturated rings. The molecule has 1 amide bonds. The Bertz CT molecular complexity index is 789. The largest absolute Gasteiger partial charge is 0.494 e. The van der Waals surface area contributed by atoms with Gasteiger partial charge in [0.05, 0.1) is 18.0 Å². The highest BCUT2D eigenvalue weighted by Crippen LogP contribution is 2.31. The number of nitrogen functional groups attached to an aromatic ring is 1. The van der Waals surface area contributed by atoms with E-state index in [9.17, 15) is 4.79 Å². The number of hydrogen-bond acceptors (Lipinski definition) is 4. The smallest absolute Gasteiger partial charge is 0.255 e. The van der Waals surface area contributed by atoms with Crippen molar-refractivity contribution in [2.45, 2.75) is 52.0 Å². The number of piperidine rings is 1. The zero-order valence-corrected chi connectivity index (χ0v) is 16.9. The van der Waals surface area contributed by atoms with Crippen LogP contribution in [-0.2, 0) is 0 Å². The van der Waals surface area contributed by atoms with Gasteiger partial charge in [-0.15, -0.1) is 0 Å². The van der Waals surface area contributed by atoms with Gasteiger partial charge in [-0.3, -0.25) is 4.79 Å². The highest BCUT2D eigenvalue weighted by molar-refractivity contribution is 6.04. The third-order valence-electron chi connectivity index (χ3n) is 5.28. The average molecular weight is 382 g/mol. The fraction of sp³-hybridized carbons (Fsp3) is 0.435. The van der Waals surface area contributed by atoms with Crippen LogP contribution in [0.1, 0.15) is 56.3 Å². The number of amides is 1. The number of rotatable bonds is 7. The summed E-state index contributed by atoms with van der Waals surface area (Å²) in [4.78, 5) is 14.9. The molecule has 0 bridgehead atoms. The van der Waals surface area contributed by atoms with Gasteiger partial charge in [0.2, 0.25) is 0 Å². The molecule has 3 N–H and O–H groups in total. The lowest BCUT2D eigenvalue weighted by Gasteiger charge is -2.36. The molecule has 1 aliphatic heterocycles. The molecule has 150 valence electrons. The summed E-state index contributed by atoms with van der Waals surface area (Å²) in [5.74, 6) is 0.632. The van der Waals surface area contributed by atoms with Gasteiger partial charge in [-0.1, -0.05) is 13.3 Å². The van der Waals surface area contributed by atoms with Gasteiger partial charge in [-0.05, 0) is 75.1 Å². The van der Waals surface area contributed by atoms with E-state index in [1.807, 2.05) is 30.3 Å². The van der Waals surface area contributed by atoms with E-state index in [2.05, 4.69) is 24.1 Å². The number of nitrogens with zero attached hydrogens (tertiary/aromatic N) is 1. The number of nitrogens with one attached hydrogen (secondary N) is 1. The Labute approximate surface area is 167 Å². The van der Waals surface area contributed by atoms with Crippen LogP contribution in [0.5, 0.6) is 5.75 Å². The monoisotopic (exact) mass is 381 g/mol. The normalized spacial score (nSPS) is 16.6. The summed E-state index contributed by atoms with van der Waals surface area (Å²) in [6.07, 6.45) is 5.78. The molecule has 0 aromatic heterocycles. The minimum Gasteiger partial charge on any atom is -0.494 e. The Morgan fingerprint density at radius 3 is 2.68 bits per heavy atom. The van der Waals surface area contributed by atoms with E-state index in [1.165, 1.54) is 19.3 Å². The molecule has 1 heterocycles. The summed E-state index contributed by atoms with van der Waals surface area (Å²) >= 11 is 0. The number of carbonyl (C=O) groups is 1. The maximum absolute atomic E-state index is 12.5. The van der Waals surface area contributed by atoms with Crippen LogP contribution in [0.4, 0.5) is 17.1 Å². The minimum atomic E-state index is -0.154. The first kappa shape index (κ1) is 20.1. The van der Waals surface area contributed by atoms with Gasteiger partial charge >= 0.3 is 0 Å². The highest BCUT2D eigenvalue weighted by Gasteiger charge is 2.20. The van der Waals surface area contributed by atoms with Crippen molar-refractivity contribution in [2.24, 2.45) is 0 Å². The molecule has 5 heteroatoms. The third kappa shape index (κ3) is 4.97. The molecule has 3 rings (SSSR count). The molecule has 1 unspecified atom stereocenters. The van der Waals surface area contributed by atoms with Gasteiger partial charge in [0.25, 0.3) is 5.91 Å². The van der Waals surface area contributed by atoms with Gasteiger partial charge in [0.1, 0.15) is 5.75 Å². The van der Waals surface area contributed by atoms with Crippen molar-refractivity contribution < 1.29 is 9.53 Å². The van der Waals surface area contributed by atoms with Gasteiger partial charge < -0.3 is 20.7 Å². The minimum absolute atomic E-state index is 0.154. The molecule has 0 saturated carbocycles. The summed E-state index contributed by atoms with van der Waals surface area (Å²) in [7, 11) is 0. The van der Waals surface area contributed by atoms with E-state index in [4.69, 9.17) is 10.5 Å². The molecule has 1 atom stereocenters. The molecule has 2 aromatic carbocycles. The predicted octanol–water partition coefficient (Wildman–Crippen LogP) is 5.08. The SMILES string of the molecule is CCCCOc1ccc(C(=O)Nc2ccc(N3CCCCC3C)c(N)c2)cc1. The van der Waals surface area contributed by atoms with Crippen molar-refractivity contribution in [1.82, 2.24) is 0 Å². The average Bonchev–Trinajstić information content (AvgIpc) is 2.70. The molecule has 0 spiro atoms. The second-order valence-electron chi connectivity index (χ2n) is 7.49. The Kier molecular flexibility index (Phi) is 6.80. The predicted molar refractivity (Wildman–Crippen MR) is 116 cm³/mol. The fourth-order valence-electron chi connectivity index (χ4n) is 3.59. The van der Waals surface area contributed by atoms with Crippen LogP contribution in [-0.4, -0.2) is 25.1 Å². The van der Waals surface area contributed by atoms with Crippen molar-refractivity contribution in [2.75, 3.05) is 29.1 Å². The molecule has 0 aliphatic carbocycles. The van der Waals surface area contributed by atoms with Crippen LogP contribution in [0, 0.1) is 0 Å². The highest BCUT2D eigenvalue weighted by atomic mass is 16.5. The summed E-state index contributed by atoms with van der Waals surface area (Å²) in [5, 5.41) is 2.93. The standard InChI is InChI=1S/C23H31N3O2/c1-3-4-15-28-20-11-8-18(9-12-20)23(27)25-19-10-13-22(21(24)16-19)26-14-6-5-7-17(26)2/h8-13,16-17H,3-7,14-15,24H2,1-2H3,(H,25,27). The van der Waals surface area contributed by atoms with Gasteiger partial charge in [0.15, 0.2) is 0 Å². The van der Waals surface area contributed by atoms with Crippen LogP contribution in [0.3, 0.4) is 0 Å². The van der Waals surface area contributed by atoms with Crippen LogP contribution in [0.25, 0.3) is 0 Å². The Morgan fingerprint density at radius 1 is 1.21 bits per heavy atom. The van der Waals surface area contributed by atoms with E-state index in [1.54, 1.807) is 12.1 Å². The van der Waals surface area contributed by atoms with Crippen LogP contribution in [0.15, 0.2) is 42.5 Å². The topological polar surface area (TPSA) is 67.6 Å². The number of benzene rings is 2. The van der Waals surface area contributed by atoms with Crippen molar-refractivity contribution in [1.29, 1.82) is 0 Å². The molecule has 1 saturated heterocycles. The molecular weight excluding hydrogens is 350 g/mol. The Hall–Kier alpha value is -2.69. The van der Waals surface area contributed by atoms with Crippen molar-refractivity contribution in [3.05, 3.63) is 48.0 Å². The van der Waals surface area contributed by atoms with E-state index >= 15 is 0 Å². The summed E-state index contributed by atoms with van der Waals surface area (Å²) in [6, 6.07) is 13.5. The fourth-order valence-corrected chi connectivity index (χ4v) is 3.59. The van der Waals surface area contributed by atoms with Crippen LogP contribution >= 0.6 is 0 Å². The number of nitrogens with two attached hydrogens (primary N) is 1. The number of carbonyl (C=O) groups excluding carboxylic acids is 1. The first-order chi connectivity index (χ1) is 13.6. The van der Waals surface area contributed by atoms with Crippen LogP contribution < -0.4 is 20.7 Å². The van der Waals surface area contributed by atoms with E-state index < -0.39 is 0 Å². The first-order valence-corrected chi connectivity index (χ1v) is 10.3.